The molecule has 1 aliphatic heterocycles. The number of fused-ring (bicyclic) bond motifs is 2. The molecule has 2 amide bonds. The van der Waals surface area contributed by atoms with Gasteiger partial charge in [0.05, 0.1) is 11.3 Å². The largest absolute Gasteiger partial charge is 0.348 e. The predicted molar refractivity (Wildman–Crippen MR) is 98.2 cm³/mol. The number of carbonyl (C=O) groups is 2. The first-order valence-corrected chi connectivity index (χ1v) is 8.77. The molecule has 0 saturated heterocycles. The molecule has 0 atom stereocenters. The number of amides is 2. The van der Waals surface area contributed by atoms with E-state index < -0.39 is 0 Å². The average Bonchev–Trinajstić information content (AvgIpc) is 2.82. The summed E-state index contributed by atoms with van der Waals surface area (Å²) in [4.78, 5) is 34.5. The number of benzene rings is 2. The third-order valence-electron chi connectivity index (χ3n) is 3.91. The number of hydrogen-bond donors (Lipinski definition) is 2. The molecule has 2 N–H and O–H groups in total. The van der Waals surface area contributed by atoms with Crippen LogP contribution in [0.2, 0.25) is 0 Å². The first-order chi connectivity index (χ1) is 12.7. The van der Waals surface area contributed by atoms with E-state index in [1.54, 1.807) is 30.6 Å². The minimum atomic E-state index is -0.224. The van der Waals surface area contributed by atoms with E-state index >= 15 is 0 Å². The normalized spacial score (nSPS) is 12.4. The zero-order chi connectivity index (χ0) is 17.9. The van der Waals surface area contributed by atoms with E-state index in [1.165, 1.54) is 18.1 Å². The molecule has 0 radical (unpaired) electrons. The van der Waals surface area contributed by atoms with Crippen LogP contribution >= 0.6 is 11.8 Å². The third kappa shape index (κ3) is 3.29. The molecule has 0 saturated carbocycles. The third-order valence-corrected chi connectivity index (χ3v) is 5.06. The SMILES string of the molecule is O=C(NCc1cncnc1)c1ccc2c(c1)NC(=O)c1ccccc1S2. The predicted octanol–water partition coefficient (Wildman–Crippen LogP) is 3.12. The first-order valence-electron chi connectivity index (χ1n) is 7.95. The van der Waals surface area contributed by atoms with Crippen LogP contribution in [0.3, 0.4) is 0 Å². The Labute approximate surface area is 154 Å². The lowest BCUT2D eigenvalue weighted by Gasteiger charge is -2.09. The van der Waals surface area contributed by atoms with Gasteiger partial charge in [-0.3, -0.25) is 9.59 Å². The number of rotatable bonds is 3. The van der Waals surface area contributed by atoms with E-state index in [-0.39, 0.29) is 11.8 Å². The van der Waals surface area contributed by atoms with Gasteiger partial charge in [0.2, 0.25) is 0 Å². The van der Waals surface area contributed by atoms with Crippen molar-refractivity contribution in [2.75, 3.05) is 5.32 Å². The van der Waals surface area contributed by atoms with Crippen LogP contribution < -0.4 is 10.6 Å². The van der Waals surface area contributed by atoms with Gasteiger partial charge in [0.25, 0.3) is 11.8 Å². The molecule has 0 unspecified atom stereocenters. The molecule has 6 nitrogen and oxygen atoms in total. The van der Waals surface area contributed by atoms with Gasteiger partial charge >= 0.3 is 0 Å². The molecule has 26 heavy (non-hydrogen) atoms. The minimum Gasteiger partial charge on any atom is -0.348 e. The highest BCUT2D eigenvalue weighted by atomic mass is 32.2. The second kappa shape index (κ2) is 6.97. The number of nitrogens with zero attached hydrogens (tertiary/aromatic N) is 2. The molecule has 0 fully saturated rings. The van der Waals surface area contributed by atoms with Gasteiger partial charge in [-0.15, -0.1) is 0 Å². The van der Waals surface area contributed by atoms with Crippen molar-refractivity contribution in [3.05, 3.63) is 77.9 Å². The summed E-state index contributed by atoms with van der Waals surface area (Å²) in [6, 6.07) is 12.7. The van der Waals surface area contributed by atoms with Crippen molar-refractivity contribution in [3.8, 4) is 0 Å². The zero-order valence-corrected chi connectivity index (χ0v) is 14.4. The Bertz CT molecular complexity index is 992. The van der Waals surface area contributed by atoms with Gasteiger partial charge in [0, 0.05) is 39.9 Å². The van der Waals surface area contributed by atoms with Crippen molar-refractivity contribution in [2.24, 2.45) is 0 Å². The van der Waals surface area contributed by atoms with E-state index in [0.717, 1.165) is 15.4 Å². The van der Waals surface area contributed by atoms with Crippen molar-refractivity contribution in [1.82, 2.24) is 15.3 Å². The highest BCUT2D eigenvalue weighted by Gasteiger charge is 2.20. The van der Waals surface area contributed by atoms with Crippen LogP contribution in [-0.4, -0.2) is 21.8 Å². The van der Waals surface area contributed by atoms with Gasteiger partial charge in [0.1, 0.15) is 6.33 Å². The molecular formula is C19H14N4O2S. The number of nitrogens with one attached hydrogen (secondary N) is 2. The van der Waals surface area contributed by atoms with E-state index in [1.807, 2.05) is 24.3 Å². The van der Waals surface area contributed by atoms with Crippen LogP contribution in [0.15, 0.2) is 71.0 Å². The monoisotopic (exact) mass is 362 g/mol. The molecule has 0 spiro atoms. The van der Waals surface area contributed by atoms with Gasteiger partial charge in [-0.05, 0) is 30.3 Å². The Kier molecular flexibility index (Phi) is 4.37. The molecule has 1 aliphatic rings. The molecule has 1 aromatic heterocycles. The van der Waals surface area contributed by atoms with E-state index in [4.69, 9.17) is 0 Å². The molecule has 2 aromatic carbocycles. The molecule has 0 bridgehead atoms. The van der Waals surface area contributed by atoms with Crippen molar-refractivity contribution in [1.29, 1.82) is 0 Å². The van der Waals surface area contributed by atoms with Gasteiger partial charge < -0.3 is 10.6 Å². The topological polar surface area (TPSA) is 84.0 Å². The van der Waals surface area contributed by atoms with Crippen molar-refractivity contribution >= 4 is 29.3 Å². The van der Waals surface area contributed by atoms with Crippen LogP contribution in [0.4, 0.5) is 5.69 Å². The minimum absolute atomic E-state index is 0.175. The fourth-order valence-corrected chi connectivity index (χ4v) is 3.63. The maximum Gasteiger partial charge on any atom is 0.256 e. The lowest BCUT2D eigenvalue weighted by Crippen LogP contribution is -2.23. The molecule has 0 aliphatic carbocycles. The average molecular weight is 362 g/mol. The Morgan fingerprint density at radius 1 is 1.08 bits per heavy atom. The lowest BCUT2D eigenvalue weighted by molar-refractivity contribution is 0.0949. The van der Waals surface area contributed by atoms with Crippen molar-refractivity contribution < 1.29 is 9.59 Å². The number of anilines is 1. The standard InChI is InChI=1S/C19H14N4O2S/c24-18(22-10-12-8-20-11-21-9-12)13-5-6-17-15(7-13)23-19(25)14-3-1-2-4-16(14)26-17/h1-9,11H,10H2,(H,22,24)(H,23,25). The fourth-order valence-electron chi connectivity index (χ4n) is 2.61. The quantitative estimate of drug-likeness (QED) is 0.748. The Hall–Kier alpha value is -3.19. The molecule has 3 aromatic rings. The smallest absolute Gasteiger partial charge is 0.256 e. The number of aromatic nitrogens is 2. The Morgan fingerprint density at radius 2 is 1.88 bits per heavy atom. The Morgan fingerprint density at radius 3 is 2.73 bits per heavy atom. The molecule has 128 valence electrons. The van der Waals surface area contributed by atoms with Crippen LogP contribution in [0.25, 0.3) is 0 Å². The summed E-state index contributed by atoms with van der Waals surface area (Å²) in [7, 11) is 0. The lowest BCUT2D eigenvalue weighted by atomic mass is 10.1. The first kappa shape index (κ1) is 16.3. The summed E-state index contributed by atoms with van der Waals surface area (Å²) in [6.45, 7) is 0.337. The van der Waals surface area contributed by atoms with Gasteiger partial charge in [0.15, 0.2) is 0 Å². The maximum atomic E-state index is 12.4. The van der Waals surface area contributed by atoms with Crippen LogP contribution in [0.5, 0.6) is 0 Å². The van der Waals surface area contributed by atoms with Crippen molar-refractivity contribution in [2.45, 2.75) is 16.3 Å². The summed E-state index contributed by atoms with van der Waals surface area (Å²) < 4.78 is 0. The highest BCUT2D eigenvalue weighted by molar-refractivity contribution is 7.99. The summed E-state index contributed by atoms with van der Waals surface area (Å²) in [5.74, 6) is -0.400. The fraction of sp³-hybridized carbons (Fsp3) is 0.0526. The molecule has 7 heteroatoms. The number of hydrogen-bond acceptors (Lipinski definition) is 5. The van der Waals surface area contributed by atoms with Crippen molar-refractivity contribution in [3.63, 3.8) is 0 Å². The summed E-state index contributed by atoms with van der Waals surface area (Å²) in [5.41, 5.74) is 2.55. The van der Waals surface area contributed by atoms with Crippen LogP contribution in [-0.2, 0) is 6.54 Å². The second-order valence-corrected chi connectivity index (χ2v) is 6.78. The summed E-state index contributed by atoms with van der Waals surface area (Å²) in [6.07, 6.45) is 4.74. The van der Waals surface area contributed by atoms with E-state index in [2.05, 4.69) is 20.6 Å². The number of carbonyl (C=O) groups excluding carboxylic acids is 2. The molecule has 4 rings (SSSR count). The molecule has 2 heterocycles. The second-order valence-electron chi connectivity index (χ2n) is 5.69. The van der Waals surface area contributed by atoms with Crippen LogP contribution in [0, 0.1) is 0 Å². The van der Waals surface area contributed by atoms with Gasteiger partial charge in [-0.2, -0.15) is 0 Å². The van der Waals surface area contributed by atoms with Gasteiger partial charge in [-0.25, -0.2) is 9.97 Å². The van der Waals surface area contributed by atoms with E-state index in [0.29, 0.717) is 23.4 Å². The van der Waals surface area contributed by atoms with E-state index in [9.17, 15) is 9.59 Å². The zero-order valence-electron chi connectivity index (χ0n) is 13.6. The Balaban J connectivity index is 1.55. The van der Waals surface area contributed by atoms with Gasteiger partial charge in [-0.1, -0.05) is 23.9 Å². The molecular weight excluding hydrogens is 348 g/mol. The maximum absolute atomic E-state index is 12.4. The summed E-state index contributed by atoms with van der Waals surface area (Å²) >= 11 is 1.51. The van der Waals surface area contributed by atoms with Crippen LogP contribution in [0.1, 0.15) is 26.3 Å². The highest BCUT2D eigenvalue weighted by Crippen LogP contribution is 2.38. The summed E-state index contributed by atoms with van der Waals surface area (Å²) in [5, 5.41) is 5.72.